The third kappa shape index (κ3) is 4.81. The molecule has 0 aliphatic rings. The largest absolute Gasteiger partial charge is 0.346 e. The van der Waals surface area contributed by atoms with Gasteiger partial charge in [0.2, 0.25) is 17.0 Å². The first-order valence-electron chi connectivity index (χ1n) is 6.22. The number of carbonyl (C=O) groups excluding carboxylic acids is 2. The van der Waals surface area contributed by atoms with Crippen molar-refractivity contribution < 1.29 is 14.0 Å². The van der Waals surface area contributed by atoms with E-state index in [-0.39, 0.29) is 24.0 Å². The number of nitrogens with one attached hydrogen (secondary N) is 2. The highest BCUT2D eigenvalue weighted by Gasteiger charge is 2.09. The molecular weight excluding hydrogens is 311 g/mol. The zero-order chi connectivity index (χ0) is 15.9. The normalized spacial score (nSPS) is 10.3. The number of amides is 2. The lowest BCUT2D eigenvalue weighted by Crippen LogP contribution is -2.33. The molecule has 1 heterocycles. The zero-order valence-electron chi connectivity index (χ0n) is 11.6. The Labute approximate surface area is 129 Å². The smallest absolute Gasteiger partial charge is 0.243 e. The zero-order valence-corrected chi connectivity index (χ0v) is 12.4. The second-order valence-electron chi connectivity index (χ2n) is 4.21. The number of rotatable bonds is 6. The van der Waals surface area contributed by atoms with Gasteiger partial charge in [0.15, 0.2) is 0 Å². The number of aryl methyl sites for hydroxylation is 1. The van der Waals surface area contributed by atoms with E-state index in [2.05, 4.69) is 26.2 Å². The number of carbonyl (C=O) groups is 2. The highest BCUT2D eigenvalue weighted by atomic mass is 32.2. The Bertz CT molecular complexity index is 660. The topological polar surface area (TPSA) is 102 Å². The van der Waals surface area contributed by atoms with E-state index in [9.17, 15) is 14.0 Å². The molecule has 8 nitrogen and oxygen atoms in total. The summed E-state index contributed by atoms with van der Waals surface area (Å²) in [6.07, 6.45) is 0. The van der Waals surface area contributed by atoms with Gasteiger partial charge in [-0.15, -0.1) is 5.10 Å². The van der Waals surface area contributed by atoms with E-state index in [1.165, 1.54) is 28.9 Å². The number of tetrazole rings is 1. The van der Waals surface area contributed by atoms with Crippen LogP contribution in [-0.4, -0.2) is 44.3 Å². The van der Waals surface area contributed by atoms with Gasteiger partial charge < -0.3 is 10.6 Å². The first-order valence-corrected chi connectivity index (χ1v) is 7.20. The predicted octanol–water partition coefficient (Wildman–Crippen LogP) is 0.196. The average molecular weight is 324 g/mol. The van der Waals surface area contributed by atoms with Crippen LogP contribution in [0.3, 0.4) is 0 Å². The molecule has 10 heteroatoms. The Kier molecular flexibility index (Phi) is 5.42. The van der Waals surface area contributed by atoms with Gasteiger partial charge in [0, 0.05) is 12.7 Å². The number of nitrogens with zero attached hydrogens (tertiary/aromatic N) is 4. The van der Waals surface area contributed by atoms with Crippen LogP contribution in [0.4, 0.5) is 10.1 Å². The van der Waals surface area contributed by atoms with Crippen LogP contribution in [0.15, 0.2) is 29.4 Å². The Morgan fingerprint density at radius 1 is 1.27 bits per heavy atom. The fourth-order valence-corrected chi connectivity index (χ4v) is 2.12. The highest BCUT2D eigenvalue weighted by molar-refractivity contribution is 7.99. The van der Waals surface area contributed by atoms with E-state index in [1.54, 1.807) is 7.05 Å². The fraction of sp³-hybridized carbons (Fsp3) is 0.250. The molecule has 0 fully saturated rings. The summed E-state index contributed by atoms with van der Waals surface area (Å²) in [4.78, 5) is 23.2. The first-order chi connectivity index (χ1) is 10.5. The molecule has 0 aliphatic heterocycles. The van der Waals surface area contributed by atoms with Crippen molar-refractivity contribution in [2.45, 2.75) is 5.16 Å². The molecule has 0 spiro atoms. The maximum atomic E-state index is 12.7. The van der Waals surface area contributed by atoms with Gasteiger partial charge in [-0.2, -0.15) is 0 Å². The summed E-state index contributed by atoms with van der Waals surface area (Å²) in [5.41, 5.74) is 0.459. The second kappa shape index (κ2) is 7.50. The van der Waals surface area contributed by atoms with E-state index in [4.69, 9.17) is 0 Å². The van der Waals surface area contributed by atoms with Gasteiger partial charge in [-0.05, 0) is 34.7 Å². The number of halogens is 1. The number of aromatic nitrogens is 4. The molecule has 1 aromatic carbocycles. The van der Waals surface area contributed by atoms with Gasteiger partial charge in [-0.25, -0.2) is 9.07 Å². The van der Waals surface area contributed by atoms with Gasteiger partial charge >= 0.3 is 0 Å². The summed E-state index contributed by atoms with van der Waals surface area (Å²) in [7, 11) is 1.66. The van der Waals surface area contributed by atoms with Crippen molar-refractivity contribution in [2.24, 2.45) is 7.05 Å². The van der Waals surface area contributed by atoms with Gasteiger partial charge in [-0.1, -0.05) is 11.8 Å². The molecule has 116 valence electrons. The van der Waals surface area contributed by atoms with E-state index >= 15 is 0 Å². The number of anilines is 1. The van der Waals surface area contributed by atoms with Crippen LogP contribution in [0.25, 0.3) is 0 Å². The molecule has 2 amide bonds. The molecule has 0 aliphatic carbocycles. The molecule has 0 saturated heterocycles. The number of thioether (sulfide) groups is 1. The lowest BCUT2D eigenvalue weighted by atomic mass is 10.3. The van der Waals surface area contributed by atoms with Crippen molar-refractivity contribution >= 4 is 29.3 Å². The first kappa shape index (κ1) is 15.9. The van der Waals surface area contributed by atoms with Crippen LogP contribution < -0.4 is 10.6 Å². The summed E-state index contributed by atoms with van der Waals surface area (Å²) in [6, 6.07) is 5.34. The van der Waals surface area contributed by atoms with Crippen LogP contribution in [0, 0.1) is 5.82 Å². The number of hydrogen-bond acceptors (Lipinski definition) is 6. The van der Waals surface area contributed by atoms with E-state index in [0.29, 0.717) is 10.8 Å². The van der Waals surface area contributed by atoms with Crippen molar-refractivity contribution in [3.63, 3.8) is 0 Å². The van der Waals surface area contributed by atoms with Gasteiger partial charge in [-0.3, -0.25) is 9.59 Å². The summed E-state index contributed by atoms with van der Waals surface area (Å²) >= 11 is 1.16. The third-order valence-corrected chi connectivity index (χ3v) is 3.50. The quantitative estimate of drug-likeness (QED) is 0.736. The van der Waals surface area contributed by atoms with Crippen molar-refractivity contribution in [2.75, 3.05) is 17.6 Å². The molecule has 2 N–H and O–H groups in total. The molecule has 0 bridgehead atoms. The number of hydrogen-bond donors (Lipinski definition) is 2. The molecule has 2 aromatic rings. The standard InChI is InChI=1S/C12H13FN6O2S/c1-19-12(16-17-18-19)22-7-11(21)14-6-10(20)15-9-4-2-8(13)3-5-9/h2-5H,6-7H2,1H3,(H,14,21)(H,15,20). The van der Waals surface area contributed by atoms with Gasteiger partial charge in [0.25, 0.3) is 0 Å². The molecule has 1 aromatic heterocycles. The van der Waals surface area contributed by atoms with Crippen LogP contribution in [-0.2, 0) is 16.6 Å². The van der Waals surface area contributed by atoms with Crippen LogP contribution >= 0.6 is 11.8 Å². The molecular formula is C12H13FN6O2S. The van der Waals surface area contributed by atoms with Crippen molar-refractivity contribution in [1.82, 2.24) is 25.5 Å². The van der Waals surface area contributed by atoms with Crippen LogP contribution in [0.5, 0.6) is 0 Å². The van der Waals surface area contributed by atoms with Crippen molar-refractivity contribution in [3.05, 3.63) is 30.1 Å². The Balaban J connectivity index is 1.70. The van der Waals surface area contributed by atoms with E-state index in [0.717, 1.165) is 11.8 Å². The Morgan fingerprint density at radius 3 is 2.64 bits per heavy atom. The summed E-state index contributed by atoms with van der Waals surface area (Å²) in [6.45, 7) is -0.173. The highest BCUT2D eigenvalue weighted by Crippen LogP contribution is 2.11. The van der Waals surface area contributed by atoms with Crippen molar-refractivity contribution in [1.29, 1.82) is 0 Å². The second-order valence-corrected chi connectivity index (χ2v) is 5.15. The number of benzene rings is 1. The lowest BCUT2D eigenvalue weighted by molar-refractivity contribution is -0.122. The van der Waals surface area contributed by atoms with Gasteiger partial charge in [0.1, 0.15) is 5.82 Å². The molecule has 0 unspecified atom stereocenters. The molecule has 0 radical (unpaired) electrons. The minimum Gasteiger partial charge on any atom is -0.346 e. The van der Waals surface area contributed by atoms with Crippen LogP contribution in [0.2, 0.25) is 0 Å². The minimum atomic E-state index is -0.398. The minimum absolute atomic E-state index is 0.0953. The average Bonchev–Trinajstić information content (AvgIpc) is 2.91. The molecule has 0 saturated carbocycles. The Morgan fingerprint density at radius 2 is 2.00 bits per heavy atom. The third-order valence-electron chi connectivity index (χ3n) is 2.49. The van der Waals surface area contributed by atoms with Gasteiger partial charge in [0.05, 0.1) is 12.3 Å². The molecule has 2 rings (SSSR count). The van der Waals surface area contributed by atoms with E-state index in [1.807, 2.05) is 0 Å². The summed E-state index contributed by atoms with van der Waals surface area (Å²) in [5, 5.41) is 16.3. The maximum Gasteiger partial charge on any atom is 0.243 e. The maximum absolute atomic E-state index is 12.7. The Hall–Kier alpha value is -2.49. The summed E-state index contributed by atoms with van der Waals surface area (Å²) < 4.78 is 14.2. The molecule has 22 heavy (non-hydrogen) atoms. The molecule has 0 atom stereocenters. The van der Waals surface area contributed by atoms with E-state index < -0.39 is 5.91 Å². The summed E-state index contributed by atoms with van der Waals surface area (Å²) in [5.74, 6) is -1.01. The predicted molar refractivity (Wildman–Crippen MR) is 77.6 cm³/mol. The van der Waals surface area contributed by atoms with Crippen LogP contribution in [0.1, 0.15) is 0 Å². The SMILES string of the molecule is Cn1nnnc1SCC(=O)NCC(=O)Nc1ccc(F)cc1. The van der Waals surface area contributed by atoms with Crippen molar-refractivity contribution in [3.8, 4) is 0 Å². The lowest BCUT2D eigenvalue weighted by Gasteiger charge is -2.06. The monoisotopic (exact) mass is 324 g/mol. The fourth-order valence-electron chi connectivity index (χ4n) is 1.44.